The summed E-state index contributed by atoms with van der Waals surface area (Å²) in [7, 11) is 0. The molecule has 1 fully saturated rings. The average molecular weight is 415 g/mol. The van der Waals surface area contributed by atoms with Crippen LogP contribution in [-0.4, -0.2) is 34.4 Å². The normalized spacial score (nSPS) is 23.0. The molecule has 1 spiro atoms. The molecular formula is C25H26N4O2. The van der Waals surface area contributed by atoms with Crippen LogP contribution in [0, 0.1) is 0 Å². The van der Waals surface area contributed by atoms with Gasteiger partial charge in [0.25, 0.3) is 5.91 Å². The van der Waals surface area contributed by atoms with E-state index in [0.29, 0.717) is 13.0 Å². The molecule has 6 nitrogen and oxygen atoms in total. The minimum Gasteiger partial charge on any atom is -0.355 e. The molecule has 1 atom stereocenters. The fraction of sp³-hybridized carbons (Fsp3) is 0.360. The lowest BCUT2D eigenvalue weighted by Crippen LogP contribution is -2.61. The summed E-state index contributed by atoms with van der Waals surface area (Å²) >= 11 is 0. The lowest BCUT2D eigenvalue weighted by Gasteiger charge is -2.43. The Bertz CT molecular complexity index is 1190. The van der Waals surface area contributed by atoms with Crippen LogP contribution in [0.4, 0.5) is 10.5 Å². The van der Waals surface area contributed by atoms with Gasteiger partial charge in [-0.1, -0.05) is 55.7 Å². The second-order valence-electron chi connectivity index (χ2n) is 8.92. The Morgan fingerprint density at radius 1 is 1.03 bits per heavy atom. The Morgan fingerprint density at radius 2 is 1.81 bits per heavy atom. The third-order valence-corrected chi connectivity index (χ3v) is 7.24. The van der Waals surface area contributed by atoms with Gasteiger partial charge in [-0.3, -0.25) is 4.79 Å². The Kier molecular flexibility index (Phi) is 4.10. The lowest BCUT2D eigenvalue weighted by atomic mass is 9.80. The number of carbonyl (C=O) groups excluding carboxylic acids is 2. The van der Waals surface area contributed by atoms with Gasteiger partial charge in [0.05, 0.1) is 5.69 Å². The number of para-hydroxylation sites is 2. The summed E-state index contributed by atoms with van der Waals surface area (Å²) < 4.78 is 0. The largest absolute Gasteiger partial charge is 0.355 e. The first-order valence-electron chi connectivity index (χ1n) is 11.3. The number of hydrogen-bond acceptors (Lipinski definition) is 2. The molecule has 158 valence electrons. The maximum atomic E-state index is 13.7. The maximum absolute atomic E-state index is 13.7. The lowest BCUT2D eigenvalue weighted by molar-refractivity contribution is -0.124. The van der Waals surface area contributed by atoms with E-state index in [1.54, 1.807) is 4.90 Å². The molecule has 3 heterocycles. The molecule has 0 saturated heterocycles. The zero-order valence-electron chi connectivity index (χ0n) is 17.4. The number of nitrogens with one attached hydrogen (secondary N) is 3. The predicted octanol–water partition coefficient (Wildman–Crippen LogP) is 4.26. The number of nitrogens with zero attached hydrogens (tertiary/aromatic N) is 1. The Morgan fingerprint density at radius 3 is 2.68 bits per heavy atom. The van der Waals surface area contributed by atoms with Crippen molar-refractivity contribution < 1.29 is 9.59 Å². The topological polar surface area (TPSA) is 77.2 Å². The fourth-order valence-electron chi connectivity index (χ4n) is 5.81. The van der Waals surface area contributed by atoms with Crippen LogP contribution < -0.4 is 10.6 Å². The molecule has 2 aromatic carbocycles. The van der Waals surface area contributed by atoms with Crippen molar-refractivity contribution in [2.24, 2.45) is 0 Å². The molecule has 31 heavy (non-hydrogen) atoms. The summed E-state index contributed by atoms with van der Waals surface area (Å²) in [5.41, 5.74) is 3.38. The van der Waals surface area contributed by atoms with Gasteiger partial charge in [-0.05, 0) is 37.0 Å². The van der Waals surface area contributed by atoms with Gasteiger partial charge in [0, 0.05) is 34.7 Å². The van der Waals surface area contributed by atoms with Gasteiger partial charge in [-0.2, -0.15) is 0 Å². The van der Waals surface area contributed by atoms with Crippen LogP contribution in [-0.2, 0) is 16.8 Å². The number of amides is 3. The van der Waals surface area contributed by atoms with Gasteiger partial charge in [0.2, 0.25) is 0 Å². The van der Waals surface area contributed by atoms with Crippen molar-refractivity contribution in [3.8, 4) is 0 Å². The number of H-pyrrole nitrogens is 1. The van der Waals surface area contributed by atoms with E-state index in [9.17, 15) is 9.59 Å². The number of benzene rings is 2. The summed E-state index contributed by atoms with van der Waals surface area (Å²) in [6.07, 6.45) is 6.25. The Hall–Kier alpha value is -3.28. The second kappa shape index (κ2) is 6.87. The van der Waals surface area contributed by atoms with E-state index < -0.39 is 5.54 Å². The molecule has 3 amide bonds. The van der Waals surface area contributed by atoms with Crippen molar-refractivity contribution >= 4 is 28.5 Å². The molecule has 2 aliphatic heterocycles. The van der Waals surface area contributed by atoms with E-state index in [-0.39, 0.29) is 18.0 Å². The van der Waals surface area contributed by atoms with Crippen LogP contribution in [0.3, 0.4) is 0 Å². The SMILES string of the molecule is O=C(NC1CCCCC1)N1CCc2c([nH]c3ccccc23)[C@]12C(=O)Nc1ccccc12. The monoisotopic (exact) mass is 414 g/mol. The third-order valence-electron chi connectivity index (χ3n) is 7.24. The van der Waals surface area contributed by atoms with Crippen LogP contribution in [0.15, 0.2) is 48.5 Å². The molecule has 0 bridgehead atoms. The minimum absolute atomic E-state index is 0.150. The molecule has 3 N–H and O–H groups in total. The number of aromatic amines is 1. The van der Waals surface area contributed by atoms with Crippen molar-refractivity contribution in [2.45, 2.75) is 50.1 Å². The van der Waals surface area contributed by atoms with E-state index in [2.05, 4.69) is 21.7 Å². The first kappa shape index (κ1) is 18.5. The number of aromatic nitrogens is 1. The van der Waals surface area contributed by atoms with E-state index in [1.807, 2.05) is 42.5 Å². The molecule has 6 rings (SSSR count). The number of anilines is 1. The van der Waals surface area contributed by atoms with Crippen molar-refractivity contribution in [3.05, 3.63) is 65.4 Å². The number of fused-ring (bicyclic) bond motifs is 6. The zero-order chi connectivity index (χ0) is 21.0. The van der Waals surface area contributed by atoms with Crippen molar-refractivity contribution in [2.75, 3.05) is 11.9 Å². The molecule has 1 aliphatic carbocycles. The first-order chi connectivity index (χ1) is 15.2. The number of rotatable bonds is 1. The Labute approximate surface area is 181 Å². The third kappa shape index (κ3) is 2.57. The predicted molar refractivity (Wildman–Crippen MR) is 120 cm³/mol. The Balaban J connectivity index is 1.52. The molecule has 3 aliphatic rings. The highest BCUT2D eigenvalue weighted by atomic mass is 16.2. The summed E-state index contributed by atoms with van der Waals surface area (Å²) in [6, 6.07) is 15.9. The van der Waals surface area contributed by atoms with Crippen molar-refractivity contribution in [3.63, 3.8) is 0 Å². The zero-order valence-corrected chi connectivity index (χ0v) is 17.4. The number of urea groups is 1. The quantitative estimate of drug-likeness (QED) is 0.556. The van der Waals surface area contributed by atoms with Crippen LogP contribution in [0.1, 0.15) is 48.9 Å². The summed E-state index contributed by atoms with van der Waals surface area (Å²) in [4.78, 5) is 32.6. The van der Waals surface area contributed by atoms with Crippen LogP contribution in [0.5, 0.6) is 0 Å². The van der Waals surface area contributed by atoms with E-state index in [4.69, 9.17) is 0 Å². The van der Waals surface area contributed by atoms with Crippen LogP contribution in [0.25, 0.3) is 10.9 Å². The van der Waals surface area contributed by atoms with Gasteiger partial charge >= 0.3 is 6.03 Å². The highest BCUT2D eigenvalue weighted by Gasteiger charge is 2.58. The summed E-state index contributed by atoms with van der Waals surface area (Å²) in [5.74, 6) is -0.167. The fourth-order valence-corrected chi connectivity index (χ4v) is 5.81. The molecule has 1 aromatic heterocycles. The minimum atomic E-state index is -1.18. The second-order valence-corrected chi connectivity index (χ2v) is 8.92. The highest BCUT2D eigenvalue weighted by Crippen LogP contribution is 2.49. The van der Waals surface area contributed by atoms with E-state index in [1.165, 1.54) is 6.42 Å². The molecule has 1 saturated carbocycles. The van der Waals surface area contributed by atoms with Crippen LogP contribution in [0.2, 0.25) is 0 Å². The standard InChI is InChI=1S/C25H26N4O2/c30-23-25(19-11-5-7-13-21(19)28-23)22-18(17-10-4-6-12-20(17)27-22)14-15-29(25)24(31)26-16-8-2-1-3-9-16/h4-7,10-13,16,27H,1-3,8-9,14-15H2,(H,26,31)(H,28,30)/t25-/m1/s1. The molecule has 0 radical (unpaired) electrons. The van der Waals surface area contributed by atoms with E-state index in [0.717, 1.165) is 59.1 Å². The molecule has 3 aromatic rings. The van der Waals surface area contributed by atoms with Gasteiger partial charge in [-0.25, -0.2) is 4.79 Å². The molecule has 0 unspecified atom stereocenters. The van der Waals surface area contributed by atoms with Crippen molar-refractivity contribution in [1.29, 1.82) is 0 Å². The van der Waals surface area contributed by atoms with Gasteiger partial charge in [0.1, 0.15) is 0 Å². The van der Waals surface area contributed by atoms with Crippen molar-refractivity contribution in [1.82, 2.24) is 15.2 Å². The smallest absolute Gasteiger partial charge is 0.319 e. The highest BCUT2D eigenvalue weighted by molar-refractivity contribution is 6.11. The van der Waals surface area contributed by atoms with Gasteiger partial charge in [0.15, 0.2) is 5.54 Å². The first-order valence-corrected chi connectivity index (χ1v) is 11.3. The number of hydrogen-bond donors (Lipinski definition) is 3. The summed E-state index contributed by atoms with van der Waals surface area (Å²) in [6.45, 7) is 0.495. The summed E-state index contributed by atoms with van der Waals surface area (Å²) in [5, 5.41) is 7.43. The van der Waals surface area contributed by atoms with Gasteiger partial charge < -0.3 is 20.5 Å². The number of carbonyl (C=O) groups is 2. The maximum Gasteiger partial charge on any atom is 0.319 e. The van der Waals surface area contributed by atoms with E-state index >= 15 is 0 Å². The molecule has 6 heteroatoms. The molecular weight excluding hydrogens is 388 g/mol. The average Bonchev–Trinajstić information content (AvgIpc) is 3.31. The van der Waals surface area contributed by atoms with Gasteiger partial charge in [-0.15, -0.1) is 0 Å². The van der Waals surface area contributed by atoms with Crippen LogP contribution >= 0.6 is 0 Å².